The molecule has 3 heteroatoms. The number of rotatable bonds is 7. The highest BCUT2D eigenvalue weighted by molar-refractivity contribution is 4.69. The lowest BCUT2D eigenvalue weighted by Crippen LogP contribution is -2.45. The molecule has 3 nitrogen and oxygen atoms in total. The lowest BCUT2D eigenvalue weighted by atomic mass is 10.1. The molecular weight excluding hydrogens is 198 g/mol. The van der Waals surface area contributed by atoms with Gasteiger partial charge in [-0.25, -0.2) is 0 Å². The van der Waals surface area contributed by atoms with E-state index in [-0.39, 0.29) is 0 Å². The van der Waals surface area contributed by atoms with Gasteiger partial charge in [0.1, 0.15) is 0 Å². The van der Waals surface area contributed by atoms with E-state index in [9.17, 15) is 0 Å². The van der Waals surface area contributed by atoms with Crippen LogP contribution in [0.5, 0.6) is 0 Å². The van der Waals surface area contributed by atoms with Crippen LogP contribution in [-0.4, -0.2) is 62.7 Å². The van der Waals surface area contributed by atoms with Gasteiger partial charge >= 0.3 is 0 Å². The summed E-state index contributed by atoms with van der Waals surface area (Å²) in [5, 5.41) is 3.53. The summed E-state index contributed by atoms with van der Waals surface area (Å²) in [4.78, 5) is 5.00. The monoisotopic (exact) mass is 227 g/mol. The highest BCUT2D eigenvalue weighted by atomic mass is 15.2. The first-order chi connectivity index (χ1) is 7.68. The minimum atomic E-state index is 0.824. The average molecular weight is 227 g/mol. The molecule has 0 aromatic rings. The highest BCUT2D eigenvalue weighted by Crippen LogP contribution is 2.00. The van der Waals surface area contributed by atoms with Crippen LogP contribution in [-0.2, 0) is 0 Å². The minimum absolute atomic E-state index is 0.824. The zero-order chi connectivity index (χ0) is 11.8. The molecule has 0 amide bonds. The molecule has 16 heavy (non-hydrogen) atoms. The van der Waals surface area contributed by atoms with Gasteiger partial charge in [0.05, 0.1) is 0 Å². The number of nitrogens with one attached hydrogen (secondary N) is 1. The van der Waals surface area contributed by atoms with Crippen molar-refractivity contribution in [1.29, 1.82) is 0 Å². The Morgan fingerprint density at radius 2 is 1.75 bits per heavy atom. The van der Waals surface area contributed by atoms with Crippen molar-refractivity contribution in [3.05, 3.63) is 0 Å². The maximum atomic E-state index is 3.53. The molecule has 1 aliphatic heterocycles. The maximum absolute atomic E-state index is 3.53. The molecule has 1 aliphatic rings. The molecule has 0 aliphatic carbocycles. The van der Waals surface area contributed by atoms with Gasteiger partial charge in [0.15, 0.2) is 0 Å². The van der Waals surface area contributed by atoms with Crippen molar-refractivity contribution < 1.29 is 0 Å². The quantitative estimate of drug-likeness (QED) is 0.661. The van der Waals surface area contributed by atoms with Crippen LogP contribution < -0.4 is 5.32 Å². The second-order valence-electron chi connectivity index (χ2n) is 5.43. The lowest BCUT2D eigenvalue weighted by Gasteiger charge is -2.32. The zero-order valence-electron chi connectivity index (χ0n) is 11.3. The Morgan fingerprint density at radius 1 is 1.06 bits per heavy atom. The van der Waals surface area contributed by atoms with Gasteiger partial charge in [-0.3, -0.25) is 0 Å². The molecule has 0 aromatic carbocycles. The van der Waals surface area contributed by atoms with Crippen molar-refractivity contribution in [3.8, 4) is 0 Å². The predicted molar refractivity (Wildman–Crippen MR) is 70.9 cm³/mol. The molecule has 96 valence electrons. The van der Waals surface area contributed by atoms with Crippen molar-refractivity contribution in [2.45, 2.75) is 26.7 Å². The van der Waals surface area contributed by atoms with Crippen LogP contribution in [0.25, 0.3) is 0 Å². The van der Waals surface area contributed by atoms with Gasteiger partial charge in [0.25, 0.3) is 0 Å². The van der Waals surface area contributed by atoms with Gasteiger partial charge in [-0.1, -0.05) is 13.8 Å². The van der Waals surface area contributed by atoms with Crippen molar-refractivity contribution >= 4 is 0 Å². The van der Waals surface area contributed by atoms with Gasteiger partial charge in [0.2, 0.25) is 0 Å². The Bertz CT molecular complexity index is 163. The molecule has 1 rings (SSSR count). The Balaban J connectivity index is 1.87. The Morgan fingerprint density at radius 3 is 2.38 bits per heavy atom. The van der Waals surface area contributed by atoms with Crippen LogP contribution >= 0.6 is 0 Å². The molecule has 0 aromatic heterocycles. The lowest BCUT2D eigenvalue weighted by molar-refractivity contribution is 0.153. The number of nitrogens with zero attached hydrogens (tertiary/aromatic N) is 2. The second-order valence-corrected chi connectivity index (χ2v) is 5.43. The molecule has 1 N–H and O–H groups in total. The fourth-order valence-corrected chi connectivity index (χ4v) is 2.01. The largest absolute Gasteiger partial charge is 0.317 e. The van der Waals surface area contributed by atoms with E-state index in [2.05, 4.69) is 36.0 Å². The second kappa shape index (κ2) is 8.04. The topological polar surface area (TPSA) is 18.5 Å². The van der Waals surface area contributed by atoms with E-state index < -0.39 is 0 Å². The minimum Gasteiger partial charge on any atom is -0.317 e. The first-order valence-corrected chi connectivity index (χ1v) is 6.80. The molecule has 0 spiro atoms. The molecule has 1 fully saturated rings. The van der Waals surface area contributed by atoms with Gasteiger partial charge < -0.3 is 15.1 Å². The number of likely N-dealkylation sites (N-methyl/N-ethyl adjacent to an activating group) is 1. The molecule has 0 unspecified atom stereocenters. The van der Waals surface area contributed by atoms with Gasteiger partial charge in [-0.05, 0) is 45.4 Å². The van der Waals surface area contributed by atoms with E-state index in [0.717, 1.165) is 5.92 Å². The number of hydrogen-bond acceptors (Lipinski definition) is 3. The van der Waals surface area contributed by atoms with Crippen LogP contribution in [0.4, 0.5) is 0 Å². The van der Waals surface area contributed by atoms with Crippen molar-refractivity contribution in [3.63, 3.8) is 0 Å². The third-order valence-corrected chi connectivity index (χ3v) is 3.32. The molecular formula is C13H29N3. The summed E-state index contributed by atoms with van der Waals surface area (Å²) < 4.78 is 0. The SMILES string of the molecule is CC(C)CCNCCCN1CCN(C)CC1. The molecule has 1 heterocycles. The van der Waals surface area contributed by atoms with Crippen LogP contribution in [0.2, 0.25) is 0 Å². The summed E-state index contributed by atoms with van der Waals surface area (Å²) in [6.07, 6.45) is 2.59. The fraction of sp³-hybridized carbons (Fsp3) is 1.00. The van der Waals surface area contributed by atoms with E-state index in [1.165, 1.54) is 58.7 Å². The van der Waals surface area contributed by atoms with Crippen molar-refractivity contribution in [2.75, 3.05) is 52.9 Å². The van der Waals surface area contributed by atoms with Crippen molar-refractivity contribution in [2.24, 2.45) is 5.92 Å². The maximum Gasteiger partial charge on any atom is 0.0110 e. The third-order valence-electron chi connectivity index (χ3n) is 3.32. The third kappa shape index (κ3) is 6.46. The molecule has 0 atom stereocenters. The molecule has 0 bridgehead atoms. The van der Waals surface area contributed by atoms with Gasteiger partial charge in [-0.2, -0.15) is 0 Å². The Hall–Kier alpha value is -0.120. The Labute approximate surface area is 101 Å². The normalized spacial score (nSPS) is 19.5. The van der Waals surface area contributed by atoms with E-state index in [1.807, 2.05) is 0 Å². The van der Waals surface area contributed by atoms with Crippen molar-refractivity contribution in [1.82, 2.24) is 15.1 Å². The molecule has 1 saturated heterocycles. The van der Waals surface area contributed by atoms with E-state index in [1.54, 1.807) is 0 Å². The first kappa shape index (κ1) is 13.9. The standard InChI is InChI=1S/C13H29N3/c1-13(2)5-7-14-6-4-8-16-11-9-15(3)10-12-16/h13-14H,4-12H2,1-3H3. The van der Waals surface area contributed by atoms with Gasteiger partial charge in [-0.15, -0.1) is 0 Å². The smallest absolute Gasteiger partial charge is 0.0110 e. The fourth-order valence-electron chi connectivity index (χ4n) is 2.01. The average Bonchev–Trinajstić information content (AvgIpc) is 2.25. The van der Waals surface area contributed by atoms with Crippen LogP contribution in [0.1, 0.15) is 26.7 Å². The van der Waals surface area contributed by atoms with Gasteiger partial charge in [0, 0.05) is 26.2 Å². The summed E-state index contributed by atoms with van der Waals surface area (Å²) >= 11 is 0. The highest BCUT2D eigenvalue weighted by Gasteiger charge is 2.12. The summed E-state index contributed by atoms with van der Waals surface area (Å²) in [5.74, 6) is 0.824. The number of piperazine rings is 1. The summed E-state index contributed by atoms with van der Waals surface area (Å²) in [6.45, 7) is 13.2. The van der Waals surface area contributed by atoms with E-state index in [4.69, 9.17) is 0 Å². The summed E-state index contributed by atoms with van der Waals surface area (Å²) in [5.41, 5.74) is 0. The molecule has 0 radical (unpaired) electrons. The zero-order valence-corrected chi connectivity index (χ0v) is 11.3. The summed E-state index contributed by atoms with van der Waals surface area (Å²) in [7, 11) is 2.21. The van der Waals surface area contributed by atoms with Crippen LogP contribution in [0.15, 0.2) is 0 Å². The summed E-state index contributed by atoms with van der Waals surface area (Å²) in [6, 6.07) is 0. The van der Waals surface area contributed by atoms with Crippen LogP contribution in [0, 0.1) is 5.92 Å². The van der Waals surface area contributed by atoms with Crippen LogP contribution in [0.3, 0.4) is 0 Å². The molecule has 0 saturated carbocycles. The Kier molecular flexibility index (Phi) is 7.01. The predicted octanol–water partition coefficient (Wildman–Crippen LogP) is 1.26. The number of hydrogen-bond donors (Lipinski definition) is 1. The van der Waals surface area contributed by atoms with E-state index in [0.29, 0.717) is 0 Å². The van der Waals surface area contributed by atoms with E-state index >= 15 is 0 Å². The first-order valence-electron chi connectivity index (χ1n) is 6.80.